The third-order valence-corrected chi connectivity index (χ3v) is 5.74. The van der Waals surface area contributed by atoms with Crippen molar-refractivity contribution >= 4 is 16.8 Å². The SMILES string of the molecule is C=CCNC(=O)[C@@H]1Cc2cn(Cc3cccnc3)c3cccc(c23)[C@H](CC(C)C)N1. The molecule has 3 heterocycles. The Balaban J connectivity index is 1.77. The Labute approximate surface area is 178 Å². The number of carbonyl (C=O) groups excluding carboxylic acids is 1. The van der Waals surface area contributed by atoms with E-state index in [1.165, 1.54) is 27.6 Å². The Morgan fingerprint density at radius 2 is 2.23 bits per heavy atom. The first-order valence-corrected chi connectivity index (χ1v) is 10.7. The zero-order valence-electron chi connectivity index (χ0n) is 17.8. The molecule has 0 saturated heterocycles. The quantitative estimate of drug-likeness (QED) is 0.588. The van der Waals surface area contributed by atoms with E-state index in [1.54, 1.807) is 12.3 Å². The standard InChI is InChI=1S/C25H30N4O/c1-4-10-27-25(30)22-13-19-16-29(15-18-7-6-11-26-14-18)23-9-5-8-20(24(19)23)21(28-22)12-17(2)3/h4-9,11,14,16-17,21-22,28H,1,10,12-13,15H2,2-3H3,(H,27,30)/t21-,22-/m0/s1. The van der Waals surface area contributed by atoms with Crippen LogP contribution in [-0.2, 0) is 17.8 Å². The molecule has 3 aromatic rings. The second-order valence-corrected chi connectivity index (χ2v) is 8.52. The molecule has 2 atom stereocenters. The largest absolute Gasteiger partial charge is 0.351 e. The van der Waals surface area contributed by atoms with E-state index in [4.69, 9.17) is 0 Å². The van der Waals surface area contributed by atoms with Gasteiger partial charge in [-0.2, -0.15) is 0 Å². The molecule has 4 rings (SSSR count). The van der Waals surface area contributed by atoms with Crippen LogP contribution in [0.15, 0.2) is 61.6 Å². The molecule has 0 fully saturated rings. The van der Waals surface area contributed by atoms with Crippen LogP contribution in [0.1, 0.15) is 43.0 Å². The lowest BCUT2D eigenvalue weighted by Gasteiger charge is -2.25. The predicted molar refractivity (Wildman–Crippen MR) is 121 cm³/mol. The number of hydrogen-bond acceptors (Lipinski definition) is 3. The Morgan fingerprint density at radius 1 is 1.37 bits per heavy atom. The van der Waals surface area contributed by atoms with Crippen LogP contribution in [0, 0.1) is 5.92 Å². The van der Waals surface area contributed by atoms with Crippen LogP contribution < -0.4 is 10.6 Å². The minimum absolute atomic E-state index is 0.0321. The average Bonchev–Trinajstić information content (AvgIpc) is 3.00. The lowest BCUT2D eigenvalue weighted by atomic mass is 9.94. The normalized spacial score (nSPS) is 18.4. The van der Waals surface area contributed by atoms with Crippen molar-refractivity contribution in [1.29, 1.82) is 0 Å². The zero-order chi connectivity index (χ0) is 21.1. The molecule has 1 aromatic carbocycles. The zero-order valence-corrected chi connectivity index (χ0v) is 17.8. The lowest BCUT2D eigenvalue weighted by molar-refractivity contribution is -0.123. The molecule has 0 bridgehead atoms. The molecule has 1 aliphatic heterocycles. The molecule has 1 amide bonds. The summed E-state index contributed by atoms with van der Waals surface area (Å²) in [6.07, 6.45) is 9.30. The summed E-state index contributed by atoms with van der Waals surface area (Å²) in [5, 5.41) is 7.92. The molecule has 0 aliphatic carbocycles. The monoisotopic (exact) mass is 402 g/mol. The Bertz CT molecular complexity index is 1040. The molecule has 156 valence electrons. The topological polar surface area (TPSA) is 59.0 Å². The average molecular weight is 403 g/mol. The van der Waals surface area contributed by atoms with Gasteiger partial charge >= 0.3 is 0 Å². The molecule has 5 heteroatoms. The number of rotatable bonds is 7. The third kappa shape index (κ3) is 4.17. The molecule has 5 nitrogen and oxygen atoms in total. The summed E-state index contributed by atoms with van der Waals surface area (Å²) in [5.74, 6) is 0.554. The number of carbonyl (C=O) groups is 1. The maximum atomic E-state index is 12.9. The van der Waals surface area contributed by atoms with Crippen molar-refractivity contribution in [1.82, 2.24) is 20.2 Å². The number of pyridine rings is 1. The Hall–Kier alpha value is -2.92. The maximum Gasteiger partial charge on any atom is 0.237 e. The molecule has 0 unspecified atom stereocenters. The van der Waals surface area contributed by atoms with Crippen molar-refractivity contribution in [3.05, 3.63) is 78.3 Å². The highest BCUT2D eigenvalue weighted by molar-refractivity contribution is 5.90. The van der Waals surface area contributed by atoms with Crippen LogP contribution in [0.25, 0.3) is 10.9 Å². The van der Waals surface area contributed by atoms with Gasteiger partial charge in [-0.3, -0.25) is 15.1 Å². The molecule has 0 radical (unpaired) electrons. The van der Waals surface area contributed by atoms with Gasteiger partial charge < -0.3 is 9.88 Å². The van der Waals surface area contributed by atoms with Crippen molar-refractivity contribution in [3.63, 3.8) is 0 Å². The van der Waals surface area contributed by atoms with Gasteiger partial charge in [0, 0.05) is 48.6 Å². The Kier molecular flexibility index (Phi) is 6.00. The summed E-state index contributed by atoms with van der Waals surface area (Å²) in [5.41, 5.74) is 4.90. The second-order valence-electron chi connectivity index (χ2n) is 8.52. The van der Waals surface area contributed by atoms with Gasteiger partial charge in [-0.1, -0.05) is 38.1 Å². The number of nitrogens with one attached hydrogen (secondary N) is 2. The van der Waals surface area contributed by atoms with Gasteiger partial charge in [-0.15, -0.1) is 6.58 Å². The van der Waals surface area contributed by atoms with E-state index in [0.717, 1.165) is 13.0 Å². The molecule has 0 saturated carbocycles. The van der Waals surface area contributed by atoms with E-state index in [1.807, 2.05) is 12.3 Å². The molecular formula is C25H30N4O. The number of benzene rings is 1. The summed E-state index contributed by atoms with van der Waals surface area (Å²) >= 11 is 0. The summed E-state index contributed by atoms with van der Waals surface area (Å²) in [7, 11) is 0. The van der Waals surface area contributed by atoms with E-state index in [-0.39, 0.29) is 18.0 Å². The van der Waals surface area contributed by atoms with Crippen molar-refractivity contribution in [2.24, 2.45) is 5.92 Å². The lowest BCUT2D eigenvalue weighted by Crippen LogP contribution is -2.46. The summed E-state index contributed by atoms with van der Waals surface area (Å²) in [6, 6.07) is 10.5. The minimum Gasteiger partial charge on any atom is -0.351 e. The van der Waals surface area contributed by atoms with Crippen molar-refractivity contribution in [2.45, 2.75) is 45.3 Å². The van der Waals surface area contributed by atoms with Crippen LogP contribution >= 0.6 is 0 Å². The Morgan fingerprint density at radius 3 is 2.97 bits per heavy atom. The van der Waals surface area contributed by atoms with E-state index in [9.17, 15) is 4.79 Å². The van der Waals surface area contributed by atoms with Gasteiger partial charge in [0.2, 0.25) is 5.91 Å². The van der Waals surface area contributed by atoms with Gasteiger partial charge in [-0.05, 0) is 47.6 Å². The molecular weight excluding hydrogens is 372 g/mol. The van der Waals surface area contributed by atoms with Crippen LogP contribution in [-0.4, -0.2) is 28.0 Å². The number of nitrogens with zero attached hydrogens (tertiary/aromatic N) is 2. The van der Waals surface area contributed by atoms with Crippen molar-refractivity contribution in [2.75, 3.05) is 6.54 Å². The fourth-order valence-corrected chi connectivity index (χ4v) is 4.48. The summed E-state index contributed by atoms with van der Waals surface area (Å²) in [6.45, 7) is 9.42. The smallest absolute Gasteiger partial charge is 0.237 e. The minimum atomic E-state index is -0.265. The van der Waals surface area contributed by atoms with E-state index in [2.05, 4.69) is 71.1 Å². The fraction of sp³-hybridized carbons (Fsp3) is 0.360. The van der Waals surface area contributed by atoms with Crippen LogP contribution in [0.5, 0.6) is 0 Å². The first kappa shape index (κ1) is 20.4. The van der Waals surface area contributed by atoms with Gasteiger partial charge in [0.05, 0.1) is 6.04 Å². The first-order valence-electron chi connectivity index (χ1n) is 10.7. The van der Waals surface area contributed by atoms with Crippen molar-refractivity contribution < 1.29 is 4.79 Å². The molecule has 0 spiro atoms. The number of aromatic nitrogens is 2. The van der Waals surface area contributed by atoms with Gasteiger partial charge in [0.1, 0.15) is 0 Å². The van der Waals surface area contributed by atoms with Gasteiger partial charge in [0.25, 0.3) is 0 Å². The highest BCUT2D eigenvalue weighted by Crippen LogP contribution is 2.36. The maximum absolute atomic E-state index is 12.9. The highest BCUT2D eigenvalue weighted by atomic mass is 16.2. The highest BCUT2D eigenvalue weighted by Gasteiger charge is 2.30. The van der Waals surface area contributed by atoms with Gasteiger partial charge in [0.15, 0.2) is 0 Å². The second kappa shape index (κ2) is 8.84. The molecule has 2 N–H and O–H groups in total. The summed E-state index contributed by atoms with van der Waals surface area (Å²) < 4.78 is 2.29. The third-order valence-electron chi connectivity index (χ3n) is 5.74. The van der Waals surface area contributed by atoms with E-state index < -0.39 is 0 Å². The van der Waals surface area contributed by atoms with Crippen LogP contribution in [0.2, 0.25) is 0 Å². The molecule has 30 heavy (non-hydrogen) atoms. The fourth-order valence-electron chi connectivity index (χ4n) is 4.48. The van der Waals surface area contributed by atoms with E-state index >= 15 is 0 Å². The van der Waals surface area contributed by atoms with Crippen molar-refractivity contribution in [3.8, 4) is 0 Å². The number of hydrogen-bond donors (Lipinski definition) is 2. The van der Waals surface area contributed by atoms with Crippen LogP contribution in [0.3, 0.4) is 0 Å². The first-order chi connectivity index (χ1) is 14.6. The molecule has 1 aliphatic rings. The van der Waals surface area contributed by atoms with E-state index in [0.29, 0.717) is 18.9 Å². The molecule has 2 aromatic heterocycles. The predicted octanol–water partition coefficient (Wildman–Crippen LogP) is 3.99. The summed E-state index contributed by atoms with van der Waals surface area (Å²) in [4.78, 5) is 17.1. The van der Waals surface area contributed by atoms with Crippen LogP contribution in [0.4, 0.5) is 0 Å². The number of amides is 1. The van der Waals surface area contributed by atoms with Gasteiger partial charge in [-0.25, -0.2) is 0 Å².